The summed E-state index contributed by atoms with van der Waals surface area (Å²) in [6.07, 6.45) is 5.43. The highest BCUT2D eigenvalue weighted by Gasteiger charge is 2.19. The molecule has 2 fully saturated rings. The van der Waals surface area contributed by atoms with Crippen LogP contribution < -0.4 is 10.6 Å². The quantitative estimate of drug-likeness (QED) is 0.572. The van der Waals surface area contributed by atoms with Crippen LogP contribution in [0, 0.1) is 5.92 Å². The van der Waals surface area contributed by atoms with Crippen LogP contribution in [0.1, 0.15) is 25.7 Å². The number of nitrogens with zero attached hydrogens (tertiary/aromatic N) is 3. The van der Waals surface area contributed by atoms with Gasteiger partial charge in [0.2, 0.25) is 0 Å². The predicted octanol–water partition coefficient (Wildman–Crippen LogP) is 0.589. The normalized spacial score (nSPS) is 25.9. The van der Waals surface area contributed by atoms with Gasteiger partial charge in [-0.3, -0.25) is 4.99 Å². The van der Waals surface area contributed by atoms with E-state index in [1.165, 1.54) is 51.9 Å². The maximum Gasteiger partial charge on any atom is 0.191 e. The average Bonchev–Trinajstić information content (AvgIpc) is 2.89. The molecule has 0 radical (unpaired) electrons. The van der Waals surface area contributed by atoms with Gasteiger partial charge in [0.1, 0.15) is 0 Å². The second kappa shape index (κ2) is 8.47. The Labute approximate surface area is 123 Å². The molecule has 2 heterocycles. The van der Waals surface area contributed by atoms with Crippen LogP contribution in [0.5, 0.6) is 0 Å². The van der Waals surface area contributed by atoms with E-state index in [0.29, 0.717) is 0 Å². The Bertz CT molecular complexity index is 299. The summed E-state index contributed by atoms with van der Waals surface area (Å²) in [4.78, 5) is 9.27. The minimum absolute atomic E-state index is 0.764. The maximum absolute atomic E-state index is 4.31. The molecular weight excluding hydrogens is 250 g/mol. The van der Waals surface area contributed by atoms with E-state index in [4.69, 9.17) is 0 Å². The Morgan fingerprint density at radius 2 is 1.95 bits per heavy atom. The standard InChI is InChI=1S/C15H31N5/c1-16-15(18-12-14-6-10-19(2)13-14)17-7-11-20-8-4-3-5-9-20/h14H,3-13H2,1-2H3,(H2,16,17,18). The van der Waals surface area contributed by atoms with Gasteiger partial charge in [-0.25, -0.2) is 0 Å². The van der Waals surface area contributed by atoms with Crippen LogP contribution in [-0.2, 0) is 0 Å². The van der Waals surface area contributed by atoms with E-state index >= 15 is 0 Å². The molecule has 1 atom stereocenters. The second-order valence-electron chi connectivity index (χ2n) is 6.20. The molecule has 0 aromatic heterocycles. The first-order valence-corrected chi connectivity index (χ1v) is 8.13. The van der Waals surface area contributed by atoms with Gasteiger partial charge < -0.3 is 20.4 Å². The van der Waals surface area contributed by atoms with Crippen LogP contribution in [-0.4, -0.2) is 75.7 Å². The van der Waals surface area contributed by atoms with Crippen LogP contribution in [0.25, 0.3) is 0 Å². The van der Waals surface area contributed by atoms with Gasteiger partial charge >= 0.3 is 0 Å². The van der Waals surface area contributed by atoms with Gasteiger partial charge in [-0.05, 0) is 51.9 Å². The van der Waals surface area contributed by atoms with Gasteiger partial charge in [0, 0.05) is 33.2 Å². The van der Waals surface area contributed by atoms with E-state index in [1.54, 1.807) is 0 Å². The van der Waals surface area contributed by atoms with E-state index < -0.39 is 0 Å². The first kappa shape index (κ1) is 15.6. The molecule has 0 aromatic rings. The van der Waals surface area contributed by atoms with Crippen LogP contribution >= 0.6 is 0 Å². The molecule has 2 aliphatic rings. The zero-order valence-corrected chi connectivity index (χ0v) is 13.2. The molecule has 2 N–H and O–H groups in total. The molecule has 0 spiro atoms. The molecule has 0 saturated carbocycles. The van der Waals surface area contributed by atoms with E-state index in [-0.39, 0.29) is 0 Å². The SMILES string of the molecule is CN=C(NCCN1CCCCC1)NCC1CCN(C)C1. The van der Waals surface area contributed by atoms with E-state index in [0.717, 1.165) is 31.5 Å². The molecule has 0 bridgehead atoms. The minimum atomic E-state index is 0.764. The fourth-order valence-electron chi connectivity index (χ4n) is 3.17. The number of rotatable bonds is 5. The molecule has 2 saturated heterocycles. The predicted molar refractivity (Wildman–Crippen MR) is 85.3 cm³/mol. The van der Waals surface area contributed by atoms with Gasteiger partial charge in [-0.2, -0.15) is 0 Å². The molecule has 2 aliphatic heterocycles. The van der Waals surface area contributed by atoms with Crippen molar-refractivity contribution in [1.29, 1.82) is 0 Å². The summed E-state index contributed by atoms with van der Waals surface area (Å²) in [5.74, 6) is 1.72. The lowest BCUT2D eigenvalue weighted by Gasteiger charge is -2.26. The van der Waals surface area contributed by atoms with Crippen LogP contribution in [0.3, 0.4) is 0 Å². The Hall–Kier alpha value is -0.810. The summed E-state index contributed by atoms with van der Waals surface area (Å²) in [7, 11) is 4.06. The first-order valence-electron chi connectivity index (χ1n) is 8.13. The first-order chi connectivity index (χ1) is 9.78. The summed E-state index contributed by atoms with van der Waals surface area (Å²) < 4.78 is 0. The Morgan fingerprint density at radius 1 is 1.15 bits per heavy atom. The molecule has 116 valence electrons. The van der Waals surface area contributed by atoms with Crippen molar-refractivity contribution < 1.29 is 0 Å². The molecule has 0 amide bonds. The Kier molecular flexibility index (Phi) is 6.60. The fraction of sp³-hybridized carbons (Fsp3) is 0.933. The zero-order chi connectivity index (χ0) is 14.2. The number of hydrogen-bond donors (Lipinski definition) is 2. The largest absolute Gasteiger partial charge is 0.356 e. The van der Waals surface area contributed by atoms with E-state index in [1.807, 2.05) is 7.05 Å². The highest BCUT2D eigenvalue weighted by molar-refractivity contribution is 5.79. The Morgan fingerprint density at radius 3 is 2.60 bits per heavy atom. The number of guanidine groups is 1. The van der Waals surface area contributed by atoms with Crippen molar-refractivity contribution in [2.45, 2.75) is 25.7 Å². The lowest BCUT2D eigenvalue weighted by atomic mass is 10.1. The van der Waals surface area contributed by atoms with Gasteiger partial charge in [0.15, 0.2) is 5.96 Å². The Balaban J connectivity index is 1.57. The lowest BCUT2D eigenvalue weighted by Crippen LogP contribution is -2.44. The van der Waals surface area contributed by atoms with Crippen molar-refractivity contribution in [2.75, 3.05) is 59.9 Å². The topological polar surface area (TPSA) is 42.9 Å². The maximum atomic E-state index is 4.31. The third kappa shape index (κ3) is 5.29. The minimum Gasteiger partial charge on any atom is -0.356 e. The summed E-state index contributed by atoms with van der Waals surface area (Å²) in [5.41, 5.74) is 0. The van der Waals surface area contributed by atoms with Gasteiger partial charge in [0.25, 0.3) is 0 Å². The van der Waals surface area contributed by atoms with Crippen molar-refractivity contribution in [3.05, 3.63) is 0 Å². The van der Waals surface area contributed by atoms with Crippen molar-refractivity contribution in [3.63, 3.8) is 0 Å². The number of hydrogen-bond acceptors (Lipinski definition) is 3. The fourth-order valence-corrected chi connectivity index (χ4v) is 3.17. The van der Waals surface area contributed by atoms with Crippen LogP contribution in [0.4, 0.5) is 0 Å². The summed E-state index contributed by atoms with van der Waals surface area (Å²) in [6, 6.07) is 0. The lowest BCUT2D eigenvalue weighted by molar-refractivity contribution is 0.232. The number of nitrogens with one attached hydrogen (secondary N) is 2. The molecule has 0 aromatic carbocycles. The van der Waals surface area contributed by atoms with Crippen molar-refractivity contribution in [1.82, 2.24) is 20.4 Å². The number of piperidine rings is 1. The molecule has 5 nitrogen and oxygen atoms in total. The summed E-state index contributed by atoms with van der Waals surface area (Å²) in [5, 5.41) is 6.90. The van der Waals surface area contributed by atoms with Gasteiger partial charge in [-0.15, -0.1) is 0 Å². The van der Waals surface area contributed by atoms with Crippen LogP contribution in [0.2, 0.25) is 0 Å². The van der Waals surface area contributed by atoms with Crippen LogP contribution in [0.15, 0.2) is 4.99 Å². The zero-order valence-electron chi connectivity index (χ0n) is 13.2. The third-order valence-corrected chi connectivity index (χ3v) is 4.44. The van der Waals surface area contributed by atoms with E-state index in [2.05, 4.69) is 32.5 Å². The molecule has 2 rings (SSSR count). The smallest absolute Gasteiger partial charge is 0.191 e. The van der Waals surface area contributed by atoms with Gasteiger partial charge in [0.05, 0.1) is 0 Å². The average molecular weight is 281 g/mol. The highest BCUT2D eigenvalue weighted by atomic mass is 15.2. The molecule has 0 aliphatic carbocycles. The summed E-state index contributed by atoms with van der Waals surface area (Å²) >= 11 is 0. The summed E-state index contributed by atoms with van der Waals surface area (Å²) in [6.45, 7) is 8.13. The highest BCUT2D eigenvalue weighted by Crippen LogP contribution is 2.12. The number of likely N-dealkylation sites (tertiary alicyclic amines) is 2. The molecule has 5 heteroatoms. The van der Waals surface area contributed by atoms with Crippen molar-refractivity contribution in [3.8, 4) is 0 Å². The molecule has 20 heavy (non-hydrogen) atoms. The molecular formula is C15H31N5. The van der Waals surface area contributed by atoms with E-state index in [9.17, 15) is 0 Å². The molecule has 1 unspecified atom stereocenters. The third-order valence-electron chi connectivity index (χ3n) is 4.44. The second-order valence-corrected chi connectivity index (χ2v) is 6.20. The van der Waals surface area contributed by atoms with Crippen molar-refractivity contribution in [2.24, 2.45) is 10.9 Å². The van der Waals surface area contributed by atoms with Crippen molar-refractivity contribution >= 4 is 5.96 Å². The van der Waals surface area contributed by atoms with Gasteiger partial charge in [-0.1, -0.05) is 6.42 Å². The number of aliphatic imine (C=N–C) groups is 1. The monoisotopic (exact) mass is 281 g/mol.